The molecular formula is C17H30N2O. The molecule has 0 saturated heterocycles. The van der Waals surface area contributed by atoms with Crippen molar-refractivity contribution in [3.8, 4) is 0 Å². The minimum atomic E-state index is -0.0512. The van der Waals surface area contributed by atoms with E-state index in [1.165, 1.54) is 51.4 Å². The first-order valence-corrected chi connectivity index (χ1v) is 8.70. The Bertz CT molecular complexity index is 351. The van der Waals surface area contributed by atoms with Crippen molar-refractivity contribution in [2.75, 3.05) is 0 Å². The summed E-state index contributed by atoms with van der Waals surface area (Å²) in [6.07, 6.45) is 10.6. The standard InChI is InChI=1S/C17H30N2O/c1-11(16-10-13-7-8-14(16)9-13)18-12(2)17(20)19-15-5-3-4-6-15/h11-16,18H,3-10H2,1-2H3,(H,19,20). The van der Waals surface area contributed by atoms with Gasteiger partial charge >= 0.3 is 0 Å². The molecule has 0 aromatic carbocycles. The molecule has 5 atom stereocenters. The highest BCUT2D eigenvalue weighted by Gasteiger charge is 2.42. The van der Waals surface area contributed by atoms with Gasteiger partial charge in [-0.3, -0.25) is 4.79 Å². The number of amides is 1. The summed E-state index contributed by atoms with van der Waals surface area (Å²) in [6, 6.07) is 0.865. The molecule has 3 aliphatic carbocycles. The zero-order valence-electron chi connectivity index (χ0n) is 13.0. The lowest BCUT2D eigenvalue weighted by molar-refractivity contribution is -0.123. The van der Waals surface area contributed by atoms with E-state index < -0.39 is 0 Å². The second kappa shape index (κ2) is 6.05. The maximum atomic E-state index is 12.2. The first-order valence-electron chi connectivity index (χ1n) is 8.70. The van der Waals surface area contributed by atoms with Gasteiger partial charge in [-0.25, -0.2) is 0 Å². The molecule has 3 fully saturated rings. The van der Waals surface area contributed by atoms with Gasteiger partial charge in [0.15, 0.2) is 0 Å². The van der Waals surface area contributed by atoms with Crippen molar-refractivity contribution in [3.05, 3.63) is 0 Å². The molecule has 2 bridgehead atoms. The Hall–Kier alpha value is -0.570. The molecule has 0 aromatic heterocycles. The molecule has 0 aromatic rings. The first-order chi connectivity index (χ1) is 9.63. The van der Waals surface area contributed by atoms with E-state index in [1.807, 2.05) is 6.92 Å². The number of nitrogens with one attached hydrogen (secondary N) is 2. The fraction of sp³-hybridized carbons (Fsp3) is 0.941. The summed E-state index contributed by atoms with van der Waals surface area (Å²) in [5, 5.41) is 6.78. The van der Waals surface area contributed by atoms with Crippen molar-refractivity contribution in [2.24, 2.45) is 17.8 Å². The van der Waals surface area contributed by atoms with Crippen LogP contribution in [-0.2, 0) is 4.79 Å². The van der Waals surface area contributed by atoms with Crippen molar-refractivity contribution in [1.29, 1.82) is 0 Å². The summed E-state index contributed by atoms with van der Waals surface area (Å²) >= 11 is 0. The zero-order valence-corrected chi connectivity index (χ0v) is 13.0. The zero-order chi connectivity index (χ0) is 14.1. The average molecular weight is 278 g/mol. The molecule has 0 radical (unpaired) electrons. The van der Waals surface area contributed by atoms with E-state index in [9.17, 15) is 4.79 Å². The Balaban J connectivity index is 1.45. The van der Waals surface area contributed by atoms with Gasteiger partial charge in [0, 0.05) is 12.1 Å². The smallest absolute Gasteiger partial charge is 0.237 e. The predicted octanol–water partition coefficient (Wildman–Crippen LogP) is 2.85. The summed E-state index contributed by atoms with van der Waals surface area (Å²) in [7, 11) is 0. The van der Waals surface area contributed by atoms with Crippen molar-refractivity contribution in [2.45, 2.75) is 83.3 Å². The van der Waals surface area contributed by atoms with E-state index in [4.69, 9.17) is 0 Å². The van der Waals surface area contributed by atoms with Crippen molar-refractivity contribution in [1.82, 2.24) is 10.6 Å². The van der Waals surface area contributed by atoms with Crippen LogP contribution in [0.5, 0.6) is 0 Å². The van der Waals surface area contributed by atoms with Crippen LogP contribution in [0.15, 0.2) is 0 Å². The maximum absolute atomic E-state index is 12.2. The molecular weight excluding hydrogens is 248 g/mol. The van der Waals surface area contributed by atoms with E-state index in [2.05, 4.69) is 17.6 Å². The molecule has 1 amide bonds. The first kappa shape index (κ1) is 14.4. The number of hydrogen-bond acceptors (Lipinski definition) is 2. The highest BCUT2D eigenvalue weighted by atomic mass is 16.2. The molecule has 0 spiro atoms. The van der Waals surface area contributed by atoms with Crippen LogP contribution in [0.4, 0.5) is 0 Å². The van der Waals surface area contributed by atoms with Gasteiger partial charge in [0.1, 0.15) is 0 Å². The third-order valence-electron chi connectivity index (χ3n) is 6.04. The van der Waals surface area contributed by atoms with E-state index in [0.717, 1.165) is 17.8 Å². The summed E-state index contributed by atoms with van der Waals surface area (Å²) in [5.74, 6) is 2.91. The van der Waals surface area contributed by atoms with Gasteiger partial charge < -0.3 is 10.6 Å². The average Bonchev–Trinajstić information content (AvgIpc) is 3.15. The van der Waals surface area contributed by atoms with Crippen molar-refractivity contribution in [3.63, 3.8) is 0 Å². The Kier molecular flexibility index (Phi) is 4.34. The SMILES string of the molecule is CC(NC(C)C1CC2CCC1C2)C(=O)NC1CCCC1. The van der Waals surface area contributed by atoms with Gasteiger partial charge in [0.2, 0.25) is 5.91 Å². The van der Waals surface area contributed by atoms with Gasteiger partial charge in [0.25, 0.3) is 0 Å². The molecule has 3 saturated carbocycles. The summed E-state index contributed by atoms with van der Waals surface area (Å²) in [5.41, 5.74) is 0. The lowest BCUT2D eigenvalue weighted by atomic mass is 9.84. The van der Waals surface area contributed by atoms with Crippen LogP contribution >= 0.6 is 0 Å². The number of carbonyl (C=O) groups excluding carboxylic acids is 1. The van der Waals surface area contributed by atoms with E-state index in [-0.39, 0.29) is 11.9 Å². The molecule has 20 heavy (non-hydrogen) atoms. The van der Waals surface area contributed by atoms with Gasteiger partial charge in [0.05, 0.1) is 6.04 Å². The normalized spacial score (nSPS) is 36.2. The lowest BCUT2D eigenvalue weighted by Gasteiger charge is -2.31. The second-order valence-electron chi connectivity index (χ2n) is 7.51. The Morgan fingerprint density at radius 3 is 2.40 bits per heavy atom. The highest BCUT2D eigenvalue weighted by molar-refractivity contribution is 5.81. The minimum absolute atomic E-state index is 0.0512. The van der Waals surface area contributed by atoms with Crippen LogP contribution in [0, 0.1) is 17.8 Å². The Morgan fingerprint density at radius 1 is 1.05 bits per heavy atom. The van der Waals surface area contributed by atoms with E-state index in [0.29, 0.717) is 12.1 Å². The number of fused-ring (bicyclic) bond motifs is 2. The van der Waals surface area contributed by atoms with Gasteiger partial charge in [-0.1, -0.05) is 19.3 Å². The molecule has 3 aliphatic rings. The van der Waals surface area contributed by atoms with Crippen molar-refractivity contribution < 1.29 is 4.79 Å². The fourth-order valence-electron chi connectivity index (χ4n) is 4.90. The van der Waals surface area contributed by atoms with E-state index >= 15 is 0 Å². The van der Waals surface area contributed by atoms with Crippen LogP contribution in [0.3, 0.4) is 0 Å². The summed E-state index contributed by atoms with van der Waals surface area (Å²) in [4.78, 5) is 12.2. The van der Waals surface area contributed by atoms with Crippen LogP contribution in [0.1, 0.15) is 65.2 Å². The lowest BCUT2D eigenvalue weighted by Crippen LogP contribution is -2.50. The third kappa shape index (κ3) is 3.03. The quantitative estimate of drug-likeness (QED) is 0.812. The fourth-order valence-corrected chi connectivity index (χ4v) is 4.90. The van der Waals surface area contributed by atoms with E-state index in [1.54, 1.807) is 0 Å². The van der Waals surface area contributed by atoms with Crippen LogP contribution < -0.4 is 10.6 Å². The highest BCUT2D eigenvalue weighted by Crippen LogP contribution is 2.49. The number of hydrogen-bond donors (Lipinski definition) is 2. The molecule has 0 aliphatic heterocycles. The van der Waals surface area contributed by atoms with Gasteiger partial charge in [-0.05, 0) is 63.7 Å². The third-order valence-corrected chi connectivity index (χ3v) is 6.04. The second-order valence-corrected chi connectivity index (χ2v) is 7.51. The summed E-state index contributed by atoms with van der Waals surface area (Å²) in [6.45, 7) is 4.30. The Labute approximate surface area is 123 Å². The molecule has 5 unspecified atom stereocenters. The van der Waals surface area contributed by atoms with Crippen molar-refractivity contribution >= 4 is 5.91 Å². The van der Waals surface area contributed by atoms with Crippen LogP contribution in [-0.4, -0.2) is 24.0 Å². The molecule has 3 nitrogen and oxygen atoms in total. The van der Waals surface area contributed by atoms with Gasteiger partial charge in [-0.2, -0.15) is 0 Å². The van der Waals surface area contributed by atoms with Crippen LogP contribution in [0.2, 0.25) is 0 Å². The number of rotatable bonds is 5. The maximum Gasteiger partial charge on any atom is 0.237 e. The summed E-state index contributed by atoms with van der Waals surface area (Å²) < 4.78 is 0. The Morgan fingerprint density at radius 2 is 1.80 bits per heavy atom. The predicted molar refractivity (Wildman–Crippen MR) is 81.4 cm³/mol. The largest absolute Gasteiger partial charge is 0.352 e. The topological polar surface area (TPSA) is 41.1 Å². The molecule has 3 rings (SSSR count). The molecule has 3 heteroatoms. The minimum Gasteiger partial charge on any atom is -0.352 e. The molecule has 114 valence electrons. The van der Waals surface area contributed by atoms with Crippen LogP contribution in [0.25, 0.3) is 0 Å². The number of carbonyl (C=O) groups is 1. The molecule has 0 heterocycles. The van der Waals surface area contributed by atoms with Gasteiger partial charge in [-0.15, -0.1) is 0 Å². The molecule has 2 N–H and O–H groups in total. The monoisotopic (exact) mass is 278 g/mol.